The van der Waals surface area contributed by atoms with E-state index in [1.165, 1.54) is 5.56 Å². The van der Waals surface area contributed by atoms with Gasteiger partial charge in [-0.3, -0.25) is 4.79 Å². The molecule has 0 radical (unpaired) electrons. The van der Waals surface area contributed by atoms with Gasteiger partial charge >= 0.3 is 0 Å². The Hall–Kier alpha value is -1.19. The maximum Gasteiger partial charge on any atom is 0.162 e. The third-order valence-electron chi connectivity index (χ3n) is 4.58. The molecule has 0 aromatic heterocycles. The van der Waals surface area contributed by atoms with Crippen LogP contribution in [0.4, 0.5) is 0 Å². The minimum atomic E-state index is -0.553. The van der Waals surface area contributed by atoms with Gasteiger partial charge in [0, 0.05) is 5.92 Å². The van der Waals surface area contributed by atoms with Gasteiger partial charge in [0.15, 0.2) is 5.79 Å². The van der Waals surface area contributed by atoms with Crippen LogP contribution in [0.3, 0.4) is 0 Å². The average Bonchev–Trinajstić information content (AvgIpc) is 2.83. The highest BCUT2D eigenvalue weighted by atomic mass is 16.7. The molecule has 2 fully saturated rings. The predicted molar refractivity (Wildman–Crippen MR) is 87.6 cm³/mol. The second-order valence-electron chi connectivity index (χ2n) is 6.55. The van der Waals surface area contributed by atoms with Crippen molar-refractivity contribution >= 4 is 5.78 Å². The molecule has 0 amide bonds. The number of rotatable bonds is 2. The second kappa shape index (κ2) is 6.93. The zero-order valence-corrected chi connectivity index (χ0v) is 14.2. The van der Waals surface area contributed by atoms with Gasteiger partial charge in [-0.2, -0.15) is 0 Å². The fourth-order valence-electron chi connectivity index (χ4n) is 3.23. The first-order chi connectivity index (χ1) is 10.5. The lowest BCUT2D eigenvalue weighted by Gasteiger charge is -2.40. The molecule has 1 saturated heterocycles. The lowest BCUT2D eigenvalue weighted by atomic mass is 9.83. The highest BCUT2D eigenvalue weighted by Crippen LogP contribution is 2.44. The normalized spacial score (nSPS) is 25.6. The fourth-order valence-corrected chi connectivity index (χ4v) is 3.23. The van der Waals surface area contributed by atoms with E-state index in [0.29, 0.717) is 19.0 Å². The Kier molecular flexibility index (Phi) is 5.41. The number of benzene rings is 1. The summed E-state index contributed by atoms with van der Waals surface area (Å²) in [6.45, 7) is 8.82. The molecule has 1 aromatic rings. The molecule has 122 valence electrons. The molecular formula is C19H28O3. The molecule has 1 heterocycles. The lowest BCUT2D eigenvalue weighted by Crippen LogP contribution is -2.49. The Morgan fingerprint density at radius 3 is 2.27 bits per heavy atom. The smallest absolute Gasteiger partial charge is 0.162 e. The third kappa shape index (κ3) is 3.58. The largest absolute Gasteiger partial charge is 0.349 e. The topological polar surface area (TPSA) is 35.5 Å². The SMILES string of the molecule is CC.CC1(C)OCC2(CCC(Cc3ccccc3)C2=O)CO1. The molecule has 1 aliphatic heterocycles. The van der Waals surface area contributed by atoms with Crippen LogP contribution in [0, 0.1) is 11.3 Å². The van der Waals surface area contributed by atoms with Gasteiger partial charge in [0.25, 0.3) is 0 Å². The third-order valence-corrected chi connectivity index (χ3v) is 4.58. The standard InChI is InChI=1S/C17H22O3.C2H6/c1-16(2)19-11-17(12-20-16)9-8-14(15(17)18)10-13-6-4-3-5-7-13;1-2/h3-7,14H,8-12H2,1-2H3;1-2H3. The summed E-state index contributed by atoms with van der Waals surface area (Å²) >= 11 is 0. The zero-order chi connectivity index (χ0) is 16.2. The molecule has 0 bridgehead atoms. The molecule has 3 nitrogen and oxygen atoms in total. The molecule has 1 aliphatic carbocycles. The minimum Gasteiger partial charge on any atom is -0.349 e. The number of carbonyl (C=O) groups excluding carboxylic acids is 1. The van der Waals surface area contributed by atoms with E-state index in [9.17, 15) is 4.79 Å². The van der Waals surface area contributed by atoms with Crippen molar-refractivity contribution in [3.63, 3.8) is 0 Å². The zero-order valence-electron chi connectivity index (χ0n) is 14.2. The number of Topliss-reactive ketones (excluding diaryl/α,β-unsaturated/α-hetero) is 1. The van der Waals surface area contributed by atoms with Crippen molar-refractivity contribution in [3.8, 4) is 0 Å². The van der Waals surface area contributed by atoms with Crippen molar-refractivity contribution in [2.45, 2.75) is 52.7 Å². The maximum absolute atomic E-state index is 12.7. The van der Waals surface area contributed by atoms with Crippen LogP contribution in [0.1, 0.15) is 46.1 Å². The minimum absolute atomic E-state index is 0.116. The monoisotopic (exact) mass is 304 g/mol. The number of hydrogen-bond acceptors (Lipinski definition) is 3. The van der Waals surface area contributed by atoms with Crippen LogP contribution in [0.5, 0.6) is 0 Å². The van der Waals surface area contributed by atoms with Gasteiger partial charge in [0.1, 0.15) is 5.78 Å². The van der Waals surface area contributed by atoms with E-state index in [0.717, 1.165) is 19.3 Å². The van der Waals surface area contributed by atoms with E-state index in [4.69, 9.17) is 9.47 Å². The molecule has 1 atom stereocenters. The highest BCUT2D eigenvalue weighted by Gasteiger charge is 2.51. The van der Waals surface area contributed by atoms with Gasteiger partial charge in [0.2, 0.25) is 0 Å². The lowest BCUT2D eigenvalue weighted by molar-refractivity contribution is -0.278. The number of ketones is 1. The summed E-state index contributed by atoms with van der Waals surface area (Å²) < 4.78 is 11.5. The molecule has 1 spiro atoms. The Morgan fingerprint density at radius 1 is 1.09 bits per heavy atom. The van der Waals surface area contributed by atoms with Gasteiger partial charge in [-0.1, -0.05) is 44.2 Å². The van der Waals surface area contributed by atoms with E-state index in [2.05, 4.69) is 12.1 Å². The first kappa shape index (κ1) is 17.2. The fraction of sp³-hybridized carbons (Fsp3) is 0.632. The van der Waals surface area contributed by atoms with E-state index >= 15 is 0 Å². The van der Waals surface area contributed by atoms with Crippen LogP contribution in [0.2, 0.25) is 0 Å². The van der Waals surface area contributed by atoms with Crippen LogP contribution in [-0.4, -0.2) is 24.8 Å². The molecule has 22 heavy (non-hydrogen) atoms. The van der Waals surface area contributed by atoms with Crippen LogP contribution in [0.15, 0.2) is 30.3 Å². The van der Waals surface area contributed by atoms with Crippen molar-refractivity contribution in [1.29, 1.82) is 0 Å². The predicted octanol–water partition coefficient (Wildman–Crippen LogP) is 4.00. The summed E-state index contributed by atoms with van der Waals surface area (Å²) in [6.07, 6.45) is 2.67. The van der Waals surface area contributed by atoms with E-state index in [1.807, 2.05) is 45.9 Å². The summed E-state index contributed by atoms with van der Waals surface area (Å²) in [6, 6.07) is 10.2. The van der Waals surface area contributed by atoms with Gasteiger partial charge in [-0.25, -0.2) is 0 Å². The molecule has 1 unspecified atom stereocenters. The summed E-state index contributed by atoms with van der Waals surface area (Å²) in [5, 5.41) is 0. The average molecular weight is 304 g/mol. The Bertz CT molecular complexity index is 483. The van der Waals surface area contributed by atoms with Crippen LogP contribution in [0.25, 0.3) is 0 Å². The first-order valence-electron chi connectivity index (χ1n) is 8.37. The summed E-state index contributed by atoms with van der Waals surface area (Å²) in [5.41, 5.74) is 0.843. The quantitative estimate of drug-likeness (QED) is 0.828. The summed E-state index contributed by atoms with van der Waals surface area (Å²) in [7, 11) is 0. The van der Waals surface area contributed by atoms with Crippen LogP contribution >= 0.6 is 0 Å². The molecular weight excluding hydrogens is 276 g/mol. The number of carbonyl (C=O) groups is 1. The van der Waals surface area contributed by atoms with Crippen molar-refractivity contribution in [1.82, 2.24) is 0 Å². The van der Waals surface area contributed by atoms with Crippen molar-refractivity contribution in [2.75, 3.05) is 13.2 Å². The molecule has 0 N–H and O–H groups in total. The number of ether oxygens (including phenoxy) is 2. The van der Waals surface area contributed by atoms with Crippen molar-refractivity contribution < 1.29 is 14.3 Å². The van der Waals surface area contributed by atoms with Gasteiger partial charge in [0.05, 0.1) is 18.6 Å². The number of hydrogen-bond donors (Lipinski definition) is 0. The second-order valence-corrected chi connectivity index (χ2v) is 6.55. The Morgan fingerprint density at radius 2 is 1.68 bits per heavy atom. The van der Waals surface area contributed by atoms with Crippen LogP contribution < -0.4 is 0 Å². The molecule has 3 heteroatoms. The Balaban J connectivity index is 0.000000847. The highest BCUT2D eigenvalue weighted by molar-refractivity contribution is 5.89. The van der Waals surface area contributed by atoms with Gasteiger partial charge in [-0.15, -0.1) is 0 Å². The molecule has 3 rings (SSSR count). The van der Waals surface area contributed by atoms with Crippen molar-refractivity contribution in [3.05, 3.63) is 35.9 Å². The molecule has 1 saturated carbocycles. The van der Waals surface area contributed by atoms with Gasteiger partial charge in [-0.05, 0) is 38.7 Å². The van der Waals surface area contributed by atoms with Crippen molar-refractivity contribution in [2.24, 2.45) is 11.3 Å². The maximum atomic E-state index is 12.7. The summed E-state index contributed by atoms with van der Waals surface area (Å²) in [5.74, 6) is -0.106. The Labute approximate surface area is 134 Å². The molecule has 2 aliphatic rings. The van der Waals surface area contributed by atoms with Crippen LogP contribution in [-0.2, 0) is 20.7 Å². The van der Waals surface area contributed by atoms with E-state index in [-0.39, 0.29) is 5.92 Å². The van der Waals surface area contributed by atoms with Gasteiger partial charge < -0.3 is 9.47 Å². The summed E-state index contributed by atoms with van der Waals surface area (Å²) in [4.78, 5) is 12.7. The van der Waals surface area contributed by atoms with E-state index < -0.39 is 11.2 Å². The van der Waals surface area contributed by atoms with E-state index in [1.54, 1.807) is 0 Å². The molecule has 1 aromatic carbocycles. The first-order valence-corrected chi connectivity index (χ1v) is 8.37.